The van der Waals surface area contributed by atoms with Gasteiger partial charge in [-0.25, -0.2) is 0 Å². The van der Waals surface area contributed by atoms with Crippen LogP contribution < -0.4 is 10.1 Å². The largest absolute Gasteiger partial charge is 0.492 e. The minimum absolute atomic E-state index is 0.141. The van der Waals surface area contributed by atoms with E-state index in [-0.39, 0.29) is 30.5 Å². The molecule has 2 fully saturated rings. The van der Waals surface area contributed by atoms with Crippen molar-refractivity contribution in [3.63, 3.8) is 0 Å². The molecule has 10 heteroatoms. The number of likely N-dealkylation sites (tertiary alicyclic amines) is 1. The number of benzene rings is 2. The van der Waals surface area contributed by atoms with E-state index >= 15 is 0 Å². The van der Waals surface area contributed by atoms with Crippen molar-refractivity contribution < 1.29 is 19.1 Å². The van der Waals surface area contributed by atoms with Crippen LogP contribution in [0.4, 0.5) is 0 Å². The third kappa shape index (κ3) is 4.53. The zero-order valence-electron chi connectivity index (χ0n) is 23.8. The molecule has 2 saturated heterocycles. The lowest BCUT2D eigenvalue weighted by Gasteiger charge is -2.38. The van der Waals surface area contributed by atoms with Crippen molar-refractivity contribution in [3.8, 4) is 22.9 Å². The highest BCUT2D eigenvalue weighted by Crippen LogP contribution is 2.50. The molecule has 42 heavy (non-hydrogen) atoms. The average Bonchev–Trinajstić information content (AvgIpc) is 3.68. The molecule has 0 unspecified atom stereocenters. The molecular formula is C32H34N6O4. The number of nitrogens with zero attached hydrogens (tertiary/aromatic N) is 5. The number of hydrogen-bond donors (Lipinski definition) is 1. The number of nitriles is 1. The Bertz CT molecular complexity index is 1600. The Morgan fingerprint density at radius 2 is 2.05 bits per heavy atom. The van der Waals surface area contributed by atoms with E-state index in [1.54, 1.807) is 4.90 Å². The first-order valence-corrected chi connectivity index (χ1v) is 14.7. The summed E-state index contributed by atoms with van der Waals surface area (Å²) in [7, 11) is 1.93. The number of nitrogens with one attached hydrogen (secondary N) is 1. The number of carbonyl (C=O) groups excluding carboxylic acids is 2. The van der Waals surface area contributed by atoms with E-state index in [4.69, 9.17) is 9.47 Å². The van der Waals surface area contributed by atoms with Crippen molar-refractivity contribution in [1.29, 1.82) is 5.26 Å². The molecule has 0 radical (unpaired) electrons. The maximum atomic E-state index is 13.6. The SMILES string of the molecule is Cn1cc(-c2cccc(CN3CCC4(CC3)COc3c4cc(C#N)c4c3CN([C@H]3CCCOCNC3=O)C4=O)c2)cn1. The molecule has 2 aromatic carbocycles. The number of amides is 2. The smallest absolute Gasteiger partial charge is 0.256 e. The van der Waals surface area contributed by atoms with Crippen LogP contribution in [0.15, 0.2) is 42.7 Å². The van der Waals surface area contributed by atoms with Gasteiger partial charge in [-0.2, -0.15) is 10.4 Å². The van der Waals surface area contributed by atoms with Gasteiger partial charge < -0.3 is 19.7 Å². The van der Waals surface area contributed by atoms with Crippen LogP contribution in [0, 0.1) is 11.3 Å². The number of ether oxygens (including phenoxy) is 2. The summed E-state index contributed by atoms with van der Waals surface area (Å²) >= 11 is 0. The fourth-order valence-corrected chi connectivity index (χ4v) is 7.04. The third-order valence-electron chi connectivity index (χ3n) is 9.34. The van der Waals surface area contributed by atoms with Crippen molar-refractivity contribution in [3.05, 3.63) is 70.5 Å². The summed E-state index contributed by atoms with van der Waals surface area (Å²) in [5.41, 5.74) is 5.93. The maximum absolute atomic E-state index is 13.6. The highest BCUT2D eigenvalue weighted by molar-refractivity contribution is 6.04. The Balaban J connectivity index is 1.10. The Morgan fingerprint density at radius 3 is 2.83 bits per heavy atom. The Hall–Kier alpha value is -4.20. The fourth-order valence-electron chi connectivity index (χ4n) is 7.04. The topological polar surface area (TPSA) is 113 Å². The molecule has 1 aromatic heterocycles. The van der Waals surface area contributed by atoms with E-state index in [1.807, 2.05) is 30.2 Å². The van der Waals surface area contributed by atoms with E-state index in [2.05, 4.69) is 45.7 Å². The molecule has 10 nitrogen and oxygen atoms in total. The molecule has 4 aliphatic heterocycles. The molecule has 3 aromatic rings. The monoisotopic (exact) mass is 566 g/mol. The Labute approximate surface area is 244 Å². The molecule has 1 atom stereocenters. The van der Waals surface area contributed by atoms with Crippen LogP contribution in [0.2, 0.25) is 0 Å². The van der Waals surface area contributed by atoms with E-state index in [1.165, 1.54) is 11.1 Å². The van der Waals surface area contributed by atoms with E-state index < -0.39 is 6.04 Å². The summed E-state index contributed by atoms with van der Waals surface area (Å²) < 4.78 is 13.6. The van der Waals surface area contributed by atoms with Gasteiger partial charge in [0.2, 0.25) is 5.91 Å². The first-order chi connectivity index (χ1) is 20.5. The van der Waals surface area contributed by atoms with E-state index in [0.717, 1.165) is 54.9 Å². The van der Waals surface area contributed by atoms with Crippen molar-refractivity contribution in [2.75, 3.05) is 33.0 Å². The summed E-state index contributed by atoms with van der Waals surface area (Å²) in [6.07, 6.45) is 6.94. The lowest BCUT2D eigenvalue weighted by molar-refractivity contribution is -0.129. The second kappa shape index (κ2) is 10.6. The Morgan fingerprint density at radius 1 is 1.19 bits per heavy atom. The van der Waals surface area contributed by atoms with Gasteiger partial charge in [0.1, 0.15) is 18.5 Å². The minimum Gasteiger partial charge on any atom is -0.492 e. The molecule has 2 amide bonds. The predicted molar refractivity (Wildman–Crippen MR) is 153 cm³/mol. The first-order valence-electron chi connectivity index (χ1n) is 14.7. The number of fused-ring (bicyclic) bond motifs is 4. The summed E-state index contributed by atoms with van der Waals surface area (Å²) in [4.78, 5) is 30.6. The van der Waals surface area contributed by atoms with E-state index in [0.29, 0.717) is 37.2 Å². The van der Waals surface area contributed by atoms with Crippen LogP contribution in [-0.4, -0.2) is 70.5 Å². The molecule has 1 spiro atoms. The van der Waals surface area contributed by atoms with E-state index in [9.17, 15) is 14.9 Å². The van der Waals surface area contributed by atoms with Crippen LogP contribution in [0.1, 0.15) is 58.3 Å². The van der Waals surface area contributed by atoms with Crippen LogP contribution >= 0.6 is 0 Å². The summed E-state index contributed by atoms with van der Waals surface area (Å²) in [5, 5.41) is 17.2. The van der Waals surface area contributed by atoms with Gasteiger partial charge in [0.25, 0.3) is 5.91 Å². The Kier molecular flexibility index (Phi) is 6.72. The average molecular weight is 567 g/mol. The van der Waals surface area contributed by atoms with Gasteiger partial charge in [-0.3, -0.25) is 19.2 Å². The van der Waals surface area contributed by atoms with Crippen molar-refractivity contribution >= 4 is 11.8 Å². The molecule has 216 valence electrons. The van der Waals surface area contributed by atoms with Gasteiger partial charge in [0, 0.05) is 48.5 Å². The molecule has 0 saturated carbocycles. The molecule has 1 N–H and O–H groups in total. The van der Waals surface area contributed by atoms with Gasteiger partial charge in [0.05, 0.1) is 36.5 Å². The lowest BCUT2D eigenvalue weighted by Crippen LogP contribution is -2.48. The van der Waals surface area contributed by atoms with Crippen LogP contribution in [0.5, 0.6) is 5.75 Å². The molecule has 7 rings (SSSR count). The lowest BCUT2D eigenvalue weighted by atomic mass is 9.73. The normalized spacial score (nSPS) is 21.7. The molecule has 0 bridgehead atoms. The number of aryl methyl sites for hydroxylation is 1. The van der Waals surface area contributed by atoms with Crippen molar-refractivity contribution in [1.82, 2.24) is 24.9 Å². The predicted octanol–water partition coefficient (Wildman–Crippen LogP) is 3.09. The summed E-state index contributed by atoms with van der Waals surface area (Å²) in [5.74, 6) is 0.257. The number of carbonyl (C=O) groups is 2. The van der Waals surface area contributed by atoms with Crippen LogP contribution in [-0.2, 0) is 35.1 Å². The maximum Gasteiger partial charge on any atom is 0.256 e. The molecule has 4 aliphatic rings. The first kappa shape index (κ1) is 26.7. The van der Waals surface area contributed by atoms with Gasteiger partial charge in [-0.15, -0.1) is 0 Å². The van der Waals surface area contributed by atoms with Gasteiger partial charge in [-0.05, 0) is 62.0 Å². The van der Waals surface area contributed by atoms with Gasteiger partial charge >= 0.3 is 0 Å². The number of hydrogen-bond acceptors (Lipinski definition) is 7. The standard InChI is InChI=1S/C32H34N6O4/c1-36-17-24(15-35-36)22-5-2-4-21(12-22)16-37-9-7-32(8-10-37)19-42-29-25-18-38(27-6-3-11-41-20-34-30(27)39)31(40)28(25)23(14-33)13-26(29)32/h2,4-5,12-13,15,17,27H,3,6-11,16,18-20H2,1H3,(H,34,39)/t27-/m0/s1. The van der Waals surface area contributed by atoms with Gasteiger partial charge in [0.15, 0.2) is 0 Å². The zero-order chi connectivity index (χ0) is 28.8. The highest BCUT2D eigenvalue weighted by atomic mass is 16.5. The number of rotatable bonds is 4. The third-order valence-corrected chi connectivity index (χ3v) is 9.34. The quantitative estimate of drug-likeness (QED) is 0.517. The second-order valence-electron chi connectivity index (χ2n) is 11.9. The minimum atomic E-state index is -0.591. The molecule has 0 aliphatic carbocycles. The molecular weight excluding hydrogens is 532 g/mol. The van der Waals surface area contributed by atoms with Gasteiger partial charge in [-0.1, -0.05) is 18.2 Å². The number of aromatic nitrogens is 2. The summed E-state index contributed by atoms with van der Waals surface area (Å²) in [6.45, 7) is 4.18. The van der Waals surface area contributed by atoms with Crippen LogP contribution in [0.3, 0.4) is 0 Å². The molecule has 5 heterocycles. The van der Waals surface area contributed by atoms with Crippen LogP contribution in [0.25, 0.3) is 11.1 Å². The second-order valence-corrected chi connectivity index (χ2v) is 11.9. The van der Waals surface area contributed by atoms with Crippen molar-refractivity contribution in [2.45, 2.75) is 50.2 Å². The number of piperidine rings is 1. The zero-order valence-corrected chi connectivity index (χ0v) is 23.8. The van der Waals surface area contributed by atoms with Crippen molar-refractivity contribution in [2.24, 2.45) is 7.05 Å². The highest BCUT2D eigenvalue weighted by Gasteiger charge is 2.48. The fraction of sp³-hybridized carbons (Fsp3) is 0.438. The summed E-state index contributed by atoms with van der Waals surface area (Å²) in [6, 6.07) is 12.2.